The Bertz CT molecular complexity index is 3020. The van der Waals surface area contributed by atoms with E-state index in [9.17, 15) is 14.4 Å². The van der Waals surface area contributed by atoms with Crippen LogP contribution in [-0.2, 0) is 12.8 Å². The van der Waals surface area contributed by atoms with E-state index in [2.05, 4.69) is 21.9 Å². The number of benzene rings is 3. The summed E-state index contributed by atoms with van der Waals surface area (Å²) in [5, 5.41) is 0. The minimum atomic E-state index is -0.0588. The molecule has 0 amide bonds. The minimum Gasteiger partial charge on any atom is -0.497 e. The van der Waals surface area contributed by atoms with Crippen molar-refractivity contribution in [3.63, 3.8) is 0 Å². The summed E-state index contributed by atoms with van der Waals surface area (Å²) in [7, 11) is 3.19. The molecule has 0 bridgehead atoms. The van der Waals surface area contributed by atoms with E-state index in [1.165, 1.54) is 9.96 Å². The SMILES string of the molecule is CCc1c(-c2ccccc2)nc2cc(OC)ccn2c1=O.CCc1ccn2c(=O)c(C)c(-c3ccccc3)nc2c1.COc1ccn2c(=O)c(C)c(-c3ccccc3)nc2c1. The fraction of sp³-hybridized carbons (Fsp3) is 0.160. The lowest BCUT2D eigenvalue weighted by atomic mass is 10.1. The number of fused-ring (bicyclic) bond motifs is 3. The maximum absolute atomic E-state index is 12.6. The Morgan fingerprint density at radius 1 is 0.459 bits per heavy atom. The summed E-state index contributed by atoms with van der Waals surface area (Å²) >= 11 is 0. The average molecular weight is 811 g/mol. The molecule has 0 fully saturated rings. The Morgan fingerprint density at radius 2 is 0.836 bits per heavy atom. The van der Waals surface area contributed by atoms with E-state index in [0.29, 0.717) is 51.7 Å². The van der Waals surface area contributed by atoms with Crippen LogP contribution in [0.1, 0.15) is 36.1 Å². The number of nitrogens with zero attached hydrogens (tertiary/aromatic N) is 6. The summed E-state index contributed by atoms with van der Waals surface area (Å²) in [4.78, 5) is 51.4. The molecule has 11 nitrogen and oxygen atoms in total. The van der Waals surface area contributed by atoms with Crippen molar-refractivity contribution < 1.29 is 9.47 Å². The van der Waals surface area contributed by atoms with Gasteiger partial charge in [-0.15, -0.1) is 0 Å². The number of methoxy groups -OCH3 is 2. The summed E-state index contributed by atoms with van der Waals surface area (Å²) in [6.45, 7) is 7.70. The smallest absolute Gasteiger partial charge is 0.261 e. The normalized spacial score (nSPS) is 10.8. The lowest BCUT2D eigenvalue weighted by molar-refractivity contribution is 0.414. The third-order valence-corrected chi connectivity index (χ3v) is 10.4. The van der Waals surface area contributed by atoms with Gasteiger partial charge in [0.2, 0.25) is 0 Å². The van der Waals surface area contributed by atoms with E-state index in [0.717, 1.165) is 40.1 Å². The molecule has 0 unspecified atom stereocenters. The molecule has 0 aliphatic rings. The molecule has 0 saturated carbocycles. The molecule has 9 rings (SSSR count). The summed E-state index contributed by atoms with van der Waals surface area (Å²) in [6.07, 6.45) is 6.78. The number of aryl methyl sites for hydroxylation is 1. The fourth-order valence-corrected chi connectivity index (χ4v) is 7.01. The molecule has 3 aromatic carbocycles. The number of hydrogen-bond acceptors (Lipinski definition) is 8. The monoisotopic (exact) mass is 810 g/mol. The molecule has 0 N–H and O–H groups in total. The second-order valence-corrected chi connectivity index (χ2v) is 14.2. The molecule has 11 heteroatoms. The predicted octanol–water partition coefficient (Wildman–Crippen LogP) is 8.84. The Balaban J connectivity index is 0.000000138. The second kappa shape index (κ2) is 18.5. The Kier molecular flexibility index (Phi) is 12.6. The number of aromatic nitrogens is 6. The first-order chi connectivity index (χ1) is 29.6. The molecule has 306 valence electrons. The van der Waals surface area contributed by atoms with Gasteiger partial charge in [-0.2, -0.15) is 0 Å². The lowest BCUT2D eigenvalue weighted by Crippen LogP contribution is -2.20. The van der Waals surface area contributed by atoms with Crippen LogP contribution in [0.2, 0.25) is 0 Å². The summed E-state index contributed by atoms with van der Waals surface area (Å²) in [5.74, 6) is 1.37. The summed E-state index contributed by atoms with van der Waals surface area (Å²) < 4.78 is 15.1. The first-order valence-corrected chi connectivity index (χ1v) is 20.0. The van der Waals surface area contributed by atoms with Crippen molar-refractivity contribution in [1.29, 1.82) is 0 Å². The third-order valence-electron chi connectivity index (χ3n) is 10.4. The largest absolute Gasteiger partial charge is 0.497 e. The third kappa shape index (κ3) is 8.72. The van der Waals surface area contributed by atoms with Crippen LogP contribution in [-0.4, -0.2) is 42.4 Å². The number of hydrogen-bond donors (Lipinski definition) is 0. The van der Waals surface area contributed by atoms with Crippen LogP contribution < -0.4 is 26.2 Å². The highest BCUT2D eigenvalue weighted by atomic mass is 16.5. The molecular formula is C50H46N6O5. The van der Waals surface area contributed by atoms with Crippen LogP contribution in [0.3, 0.4) is 0 Å². The van der Waals surface area contributed by atoms with Gasteiger partial charge in [0.25, 0.3) is 16.7 Å². The average Bonchev–Trinajstić information content (AvgIpc) is 3.32. The standard InChI is InChI=1S/C17H16N2O2.C17H16N2O.C16H14N2O2/c1-3-14-16(12-7-5-4-6-8-12)18-15-11-13(21-2)9-10-19(15)17(14)20;1-3-13-9-10-19-15(11-13)18-16(12(2)17(19)20)14-7-5-4-6-8-14;1-11-15(12-6-4-3-5-7-12)17-14-10-13(20-2)8-9-18(14)16(11)19/h4-11H,3H2,1-2H3;4-11H,3H2,1-2H3;3-10H,1-2H3. The van der Waals surface area contributed by atoms with Crippen LogP contribution in [0.4, 0.5) is 0 Å². The number of pyridine rings is 3. The predicted molar refractivity (Wildman–Crippen MR) is 242 cm³/mol. The van der Waals surface area contributed by atoms with Crippen LogP contribution >= 0.6 is 0 Å². The fourth-order valence-electron chi connectivity index (χ4n) is 7.01. The van der Waals surface area contributed by atoms with E-state index in [1.54, 1.807) is 66.6 Å². The zero-order chi connectivity index (χ0) is 43.0. The molecule has 9 aromatic rings. The zero-order valence-electron chi connectivity index (χ0n) is 35.0. The first-order valence-electron chi connectivity index (χ1n) is 20.0. The van der Waals surface area contributed by atoms with Gasteiger partial charge in [0.15, 0.2) is 0 Å². The van der Waals surface area contributed by atoms with Crippen molar-refractivity contribution in [1.82, 2.24) is 28.2 Å². The van der Waals surface area contributed by atoms with Gasteiger partial charge in [-0.05, 0) is 56.5 Å². The van der Waals surface area contributed by atoms with Crippen molar-refractivity contribution in [2.75, 3.05) is 14.2 Å². The second-order valence-electron chi connectivity index (χ2n) is 14.2. The van der Waals surface area contributed by atoms with Crippen LogP contribution in [0, 0.1) is 13.8 Å². The van der Waals surface area contributed by atoms with E-state index in [1.807, 2.05) is 123 Å². The molecule has 0 spiro atoms. The molecule has 61 heavy (non-hydrogen) atoms. The molecule has 0 saturated heterocycles. The lowest BCUT2D eigenvalue weighted by Gasteiger charge is -2.10. The van der Waals surface area contributed by atoms with E-state index in [-0.39, 0.29) is 16.7 Å². The van der Waals surface area contributed by atoms with Crippen LogP contribution in [0.5, 0.6) is 11.5 Å². The Labute approximate surface area is 352 Å². The molecule has 6 heterocycles. The van der Waals surface area contributed by atoms with Gasteiger partial charge < -0.3 is 9.47 Å². The zero-order valence-corrected chi connectivity index (χ0v) is 35.0. The van der Waals surface area contributed by atoms with Crippen molar-refractivity contribution >= 4 is 16.9 Å². The van der Waals surface area contributed by atoms with Crippen molar-refractivity contribution in [3.8, 4) is 45.3 Å². The van der Waals surface area contributed by atoms with Gasteiger partial charge in [0.1, 0.15) is 28.4 Å². The van der Waals surface area contributed by atoms with Crippen LogP contribution in [0.15, 0.2) is 160 Å². The highest BCUT2D eigenvalue weighted by Gasteiger charge is 2.14. The Hall–Kier alpha value is -7.66. The highest BCUT2D eigenvalue weighted by Crippen LogP contribution is 2.24. The van der Waals surface area contributed by atoms with E-state index >= 15 is 0 Å². The maximum atomic E-state index is 12.6. The van der Waals surface area contributed by atoms with Crippen molar-refractivity contribution in [3.05, 3.63) is 199 Å². The van der Waals surface area contributed by atoms with Gasteiger partial charge in [-0.3, -0.25) is 27.6 Å². The number of rotatable bonds is 7. The topological polar surface area (TPSA) is 122 Å². The van der Waals surface area contributed by atoms with Crippen molar-refractivity contribution in [2.24, 2.45) is 0 Å². The molecular weight excluding hydrogens is 765 g/mol. The van der Waals surface area contributed by atoms with E-state index < -0.39 is 0 Å². The van der Waals surface area contributed by atoms with Gasteiger partial charge in [0.05, 0.1) is 31.3 Å². The molecule has 0 aliphatic heterocycles. The summed E-state index contributed by atoms with van der Waals surface area (Å²) in [6, 6.07) is 40.3. The number of ether oxygens (including phenoxy) is 2. The summed E-state index contributed by atoms with van der Waals surface area (Å²) in [5.41, 5.74) is 10.1. The Morgan fingerprint density at radius 3 is 1.25 bits per heavy atom. The molecule has 0 aliphatic carbocycles. The van der Waals surface area contributed by atoms with Gasteiger partial charge in [-0.1, -0.05) is 105 Å². The molecule has 0 atom stereocenters. The minimum absolute atomic E-state index is 0.00324. The van der Waals surface area contributed by atoms with Crippen LogP contribution in [0.25, 0.3) is 50.7 Å². The highest BCUT2D eigenvalue weighted by molar-refractivity contribution is 5.67. The van der Waals surface area contributed by atoms with Crippen molar-refractivity contribution in [2.45, 2.75) is 40.5 Å². The molecule has 6 aromatic heterocycles. The quantitative estimate of drug-likeness (QED) is 0.157. The maximum Gasteiger partial charge on any atom is 0.261 e. The van der Waals surface area contributed by atoms with E-state index in [4.69, 9.17) is 9.47 Å². The first kappa shape index (κ1) is 41.5. The van der Waals surface area contributed by atoms with Gasteiger partial charge in [-0.25, -0.2) is 15.0 Å². The molecule has 0 radical (unpaired) electrons. The van der Waals surface area contributed by atoms with Gasteiger partial charge in [0, 0.05) is 64.1 Å². The van der Waals surface area contributed by atoms with Gasteiger partial charge >= 0.3 is 0 Å².